The molecule has 0 spiro atoms. The number of aliphatic hydroxyl groups is 1. The van der Waals surface area contributed by atoms with E-state index in [0.29, 0.717) is 12.0 Å². The maximum atomic E-state index is 9.28. The molecule has 0 unspecified atom stereocenters. The first-order valence-electron chi connectivity index (χ1n) is 7.91. The van der Waals surface area contributed by atoms with Gasteiger partial charge in [0.15, 0.2) is 5.96 Å². The summed E-state index contributed by atoms with van der Waals surface area (Å²) >= 11 is 0. The van der Waals surface area contributed by atoms with Crippen LogP contribution in [0.5, 0.6) is 0 Å². The molecule has 0 radical (unpaired) electrons. The van der Waals surface area contributed by atoms with Crippen LogP contribution in [0, 0.1) is 5.41 Å². The largest absolute Gasteiger partial charge is 0.396 e. The Hall–Kier alpha value is -0.770. The Morgan fingerprint density at radius 3 is 2.47 bits per heavy atom. The first kappa shape index (κ1) is 14.6. The Kier molecular flexibility index (Phi) is 5.49. The fourth-order valence-corrected chi connectivity index (χ4v) is 3.60. The van der Waals surface area contributed by atoms with Crippen LogP contribution < -0.4 is 11.1 Å². The smallest absolute Gasteiger partial charge is 0.188 e. The summed E-state index contributed by atoms with van der Waals surface area (Å²) < 4.78 is 0. The molecule has 110 valence electrons. The van der Waals surface area contributed by atoms with Crippen molar-refractivity contribution in [3.8, 4) is 0 Å². The normalized spacial score (nSPS) is 24.6. The SMILES string of the molecule is NC(=NCC1(CCO)CCCCC1)NC1CCCC1. The van der Waals surface area contributed by atoms with E-state index in [9.17, 15) is 5.11 Å². The van der Waals surface area contributed by atoms with Crippen molar-refractivity contribution < 1.29 is 5.11 Å². The minimum atomic E-state index is 0.203. The number of nitrogens with one attached hydrogen (secondary N) is 1. The topological polar surface area (TPSA) is 70.6 Å². The Morgan fingerprint density at radius 1 is 1.16 bits per heavy atom. The van der Waals surface area contributed by atoms with E-state index in [1.807, 2.05) is 0 Å². The zero-order valence-corrected chi connectivity index (χ0v) is 12.0. The summed E-state index contributed by atoms with van der Waals surface area (Å²) in [6.45, 7) is 1.05. The summed E-state index contributed by atoms with van der Waals surface area (Å²) in [5, 5.41) is 12.6. The third-order valence-electron chi connectivity index (χ3n) is 4.85. The van der Waals surface area contributed by atoms with Gasteiger partial charge in [-0.1, -0.05) is 32.1 Å². The van der Waals surface area contributed by atoms with Crippen LogP contribution >= 0.6 is 0 Å². The van der Waals surface area contributed by atoms with Crippen LogP contribution in [-0.2, 0) is 0 Å². The van der Waals surface area contributed by atoms with Crippen LogP contribution in [0.1, 0.15) is 64.2 Å². The molecule has 0 aliphatic heterocycles. The lowest BCUT2D eigenvalue weighted by Gasteiger charge is -2.35. The van der Waals surface area contributed by atoms with Crippen molar-refractivity contribution in [3.05, 3.63) is 0 Å². The highest BCUT2D eigenvalue weighted by Crippen LogP contribution is 2.39. The number of hydrogen-bond donors (Lipinski definition) is 3. The molecule has 2 aliphatic rings. The van der Waals surface area contributed by atoms with Crippen LogP contribution in [0.2, 0.25) is 0 Å². The fraction of sp³-hybridized carbons (Fsp3) is 0.933. The van der Waals surface area contributed by atoms with Gasteiger partial charge in [0.2, 0.25) is 0 Å². The van der Waals surface area contributed by atoms with E-state index < -0.39 is 0 Å². The lowest BCUT2D eigenvalue weighted by molar-refractivity contribution is 0.137. The van der Waals surface area contributed by atoms with E-state index in [-0.39, 0.29) is 12.0 Å². The van der Waals surface area contributed by atoms with Gasteiger partial charge >= 0.3 is 0 Å². The van der Waals surface area contributed by atoms with Gasteiger partial charge in [0.1, 0.15) is 0 Å². The zero-order chi connectivity index (χ0) is 13.6. The standard InChI is InChI=1S/C15H29N3O/c16-14(18-13-6-2-3-7-13)17-12-15(10-11-19)8-4-1-5-9-15/h13,19H,1-12H2,(H3,16,17,18). The lowest BCUT2D eigenvalue weighted by atomic mass is 9.72. The Bertz CT molecular complexity index is 286. The maximum absolute atomic E-state index is 9.28. The number of nitrogens with two attached hydrogens (primary N) is 1. The molecule has 0 aromatic rings. The highest BCUT2D eigenvalue weighted by Gasteiger charge is 2.31. The van der Waals surface area contributed by atoms with Gasteiger partial charge in [0.05, 0.1) is 0 Å². The molecule has 0 amide bonds. The number of hydrogen-bond acceptors (Lipinski definition) is 2. The number of nitrogens with zero attached hydrogens (tertiary/aromatic N) is 1. The van der Waals surface area contributed by atoms with Crippen LogP contribution in [0.3, 0.4) is 0 Å². The molecule has 2 aliphatic carbocycles. The molecule has 0 heterocycles. The van der Waals surface area contributed by atoms with Gasteiger partial charge in [-0.2, -0.15) is 0 Å². The molecule has 2 saturated carbocycles. The second-order valence-corrected chi connectivity index (χ2v) is 6.36. The molecule has 4 heteroatoms. The lowest BCUT2D eigenvalue weighted by Crippen LogP contribution is -2.40. The molecule has 0 atom stereocenters. The third-order valence-corrected chi connectivity index (χ3v) is 4.85. The monoisotopic (exact) mass is 267 g/mol. The van der Waals surface area contributed by atoms with Crippen molar-refractivity contribution in [2.75, 3.05) is 13.2 Å². The maximum Gasteiger partial charge on any atom is 0.188 e. The molecule has 0 bridgehead atoms. The van der Waals surface area contributed by atoms with Gasteiger partial charge < -0.3 is 16.2 Å². The average molecular weight is 267 g/mol. The minimum absolute atomic E-state index is 0.203. The van der Waals surface area contributed by atoms with E-state index in [0.717, 1.165) is 13.0 Å². The number of aliphatic hydroxyl groups excluding tert-OH is 1. The van der Waals surface area contributed by atoms with Crippen molar-refractivity contribution in [2.45, 2.75) is 70.3 Å². The quantitative estimate of drug-likeness (QED) is 0.528. The molecule has 4 nitrogen and oxygen atoms in total. The number of guanidine groups is 1. The van der Waals surface area contributed by atoms with Crippen LogP contribution in [-0.4, -0.2) is 30.3 Å². The second kappa shape index (κ2) is 7.13. The summed E-state index contributed by atoms with van der Waals surface area (Å²) in [6, 6.07) is 0.531. The molecule has 2 rings (SSSR count). The van der Waals surface area contributed by atoms with Gasteiger partial charge in [-0.05, 0) is 37.5 Å². The van der Waals surface area contributed by atoms with E-state index >= 15 is 0 Å². The van der Waals surface area contributed by atoms with Crippen LogP contribution in [0.25, 0.3) is 0 Å². The van der Waals surface area contributed by atoms with Gasteiger partial charge in [0, 0.05) is 19.2 Å². The molecule has 2 fully saturated rings. The van der Waals surface area contributed by atoms with Crippen molar-refractivity contribution in [1.82, 2.24) is 5.32 Å². The summed E-state index contributed by atoms with van der Waals surface area (Å²) in [7, 11) is 0. The molecule has 0 aromatic heterocycles. The summed E-state index contributed by atoms with van der Waals surface area (Å²) in [6.07, 6.45) is 12.2. The number of rotatable bonds is 5. The highest BCUT2D eigenvalue weighted by molar-refractivity contribution is 5.78. The first-order valence-corrected chi connectivity index (χ1v) is 7.91. The molecule has 4 N–H and O–H groups in total. The molecular weight excluding hydrogens is 238 g/mol. The molecular formula is C15H29N3O. The van der Waals surface area contributed by atoms with Gasteiger partial charge in [-0.3, -0.25) is 4.99 Å². The van der Waals surface area contributed by atoms with E-state index in [2.05, 4.69) is 10.3 Å². The molecule has 0 aromatic carbocycles. The first-order chi connectivity index (χ1) is 9.24. The molecule has 0 saturated heterocycles. The van der Waals surface area contributed by atoms with E-state index in [1.54, 1.807) is 0 Å². The fourth-order valence-electron chi connectivity index (χ4n) is 3.60. The Balaban J connectivity index is 1.85. The third kappa shape index (κ3) is 4.37. The van der Waals surface area contributed by atoms with Crippen molar-refractivity contribution in [2.24, 2.45) is 16.1 Å². The summed E-state index contributed by atoms with van der Waals surface area (Å²) in [5.41, 5.74) is 6.21. The Morgan fingerprint density at radius 2 is 1.84 bits per heavy atom. The Labute approximate surface area is 116 Å². The molecule has 19 heavy (non-hydrogen) atoms. The van der Waals surface area contributed by atoms with Gasteiger partial charge in [-0.25, -0.2) is 0 Å². The van der Waals surface area contributed by atoms with E-state index in [4.69, 9.17) is 5.73 Å². The predicted octanol–water partition coefficient (Wildman–Crippen LogP) is 2.17. The predicted molar refractivity (Wildman–Crippen MR) is 79.1 cm³/mol. The van der Waals surface area contributed by atoms with Gasteiger partial charge in [-0.15, -0.1) is 0 Å². The van der Waals surface area contributed by atoms with Crippen molar-refractivity contribution in [3.63, 3.8) is 0 Å². The summed E-state index contributed by atoms with van der Waals surface area (Å²) in [5.74, 6) is 0.606. The highest BCUT2D eigenvalue weighted by atomic mass is 16.3. The second-order valence-electron chi connectivity index (χ2n) is 6.36. The van der Waals surface area contributed by atoms with Crippen LogP contribution in [0.15, 0.2) is 4.99 Å². The van der Waals surface area contributed by atoms with Crippen molar-refractivity contribution in [1.29, 1.82) is 0 Å². The summed E-state index contributed by atoms with van der Waals surface area (Å²) in [4.78, 5) is 4.57. The zero-order valence-electron chi connectivity index (χ0n) is 12.0. The van der Waals surface area contributed by atoms with Crippen molar-refractivity contribution >= 4 is 5.96 Å². The van der Waals surface area contributed by atoms with Gasteiger partial charge in [0.25, 0.3) is 0 Å². The number of aliphatic imine (C=N–C) groups is 1. The minimum Gasteiger partial charge on any atom is -0.396 e. The van der Waals surface area contributed by atoms with Crippen LogP contribution in [0.4, 0.5) is 0 Å². The van der Waals surface area contributed by atoms with E-state index in [1.165, 1.54) is 57.8 Å². The average Bonchev–Trinajstić information content (AvgIpc) is 2.91.